The number of urea groups is 1. The molecule has 1 unspecified atom stereocenters. The van der Waals surface area contributed by atoms with Crippen LogP contribution in [0, 0.1) is 5.92 Å². The van der Waals surface area contributed by atoms with Crippen molar-refractivity contribution in [3.8, 4) is 0 Å². The fourth-order valence-electron chi connectivity index (χ4n) is 4.93. The van der Waals surface area contributed by atoms with Gasteiger partial charge in [0.05, 0.1) is 13.7 Å². The van der Waals surface area contributed by atoms with Crippen molar-refractivity contribution < 1.29 is 19.1 Å². The third-order valence-electron chi connectivity index (χ3n) is 6.73. The quantitative estimate of drug-likeness (QED) is 0.474. The number of carbonyl (C=O) groups is 2. The van der Waals surface area contributed by atoms with Gasteiger partial charge in [0.15, 0.2) is 0 Å². The Bertz CT molecular complexity index is 933. The van der Waals surface area contributed by atoms with Gasteiger partial charge in [0.25, 0.3) is 0 Å². The summed E-state index contributed by atoms with van der Waals surface area (Å²) in [5, 5.41) is 4.35. The molecule has 0 spiro atoms. The minimum atomic E-state index is -0.152. The van der Waals surface area contributed by atoms with Gasteiger partial charge in [-0.2, -0.15) is 0 Å². The Kier molecular flexibility index (Phi) is 7.68. The molecule has 7 heteroatoms. The maximum absolute atomic E-state index is 12.8. The van der Waals surface area contributed by atoms with Gasteiger partial charge in [-0.3, -0.25) is 4.79 Å². The largest absolute Gasteiger partial charge is 0.469 e. The molecule has 0 bridgehead atoms. The van der Waals surface area contributed by atoms with Crippen molar-refractivity contribution >= 4 is 22.9 Å². The number of rotatable bonds is 9. The summed E-state index contributed by atoms with van der Waals surface area (Å²) in [4.78, 5) is 25.8. The van der Waals surface area contributed by atoms with Crippen LogP contribution in [0.15, 0.2) is 24.3 Å². The zero-order chi connectivity index (χ0) is 22.3. The molecular formula is C25H35N3O4. The lowest BCUT2D eigenvalue weighted by atomic mass is 10.0. The van der Waals surface area contributed by atoms with E-state index in [2.05, 4.69) is 38.9 Å². The Balaban J connectivity index is 1.31. The van der Waals surface area contributed by atoms with Crippen molar-refractivity contribution in [2.45, 2.75) is 58.0 Å². The number of benzene rings is 1. The first-order chi connectivity index (χ1) is 15.7. The maximum Gasteiger partial charge on any atom is 0.317 e. The van der Waals surface area contributed by atoms with Crippen LogP contribution >= 0.6 is 0 Å². The number of para-hydroxylation sites is 1. The summed E-state index contributed by atoms with van der Waals surface area (Å²) in [6.07, 6.45) is 6.22. The standard InChI is InChI=1S/C25H35N3O4/c1-31-24(29)10-4-2-3-7-13-26-25(30)27-14-11-23-21(17-27)20-8-5-6-9-22(20)28(23)16-19-12-15-32-18-19/h5-6,8-9,19H,2-4,7,10-18H2,1H3,(H,26,30). The van der Waals surface area contributed by atoms with E-state index in [1.165, 1.54) is 29.3 Å². The number of nitrogens with zero attached hydrogens (tertiary/aromatic N) is 2. The Morgan fingerprint density at radius 2 is 2.03 bits per heavy atom. The number of fused-ring (bicyclic) bond motifs is 3. The summed E-state index contributed by atoms with van der Waals surface area (Å²) in [6.45, 7) is 4.79. The Morgan fingerprint density at radius 1 is 1.19 bits per heavy atom. The maximum atomic E-state index is 12.8. The Labute approximate surface area is 190 Å². The number of esters is 1. The van der Waals surface area contributed by atoms with Gasteiger partial charge in [0.2, 0.25) is 0 Å². The average Bonchev–Trinajstić information content (AvgIpc) is 3.45. The zero-order valence-electron chi connectivity index (χ0n) is 19.1. The topological polar surface area (TPSA) is 72.8 Å². The highest BCUT2D eigenvalue weighted by Crippen LogP contribution is 2.32. The van der Waals surface area contributed by atoms with Crippen molar-refractivity contribution in [2.75, 3.05) is 33.4 Å². The summed E-state index contributed by atoms with van der Waals surface area (Å²) in [7, 11) is 1.42. The molecule has 3 heterocycles. The average molecular weight is 442 g/mol. The highest BCUT2D eigenvalue weighted by Gasteiger charge is 2.28. The molecule has 1 N–H and O–H groups in total. The summed E-state index contributed by atoms with van der Waals surface area (Å²) in [5.74, 6) is 0.421. The van der Waals surface area contributed by atoms with Gasteiger partial charge < -0.3 is 24.3 Å². The van der Waals surface area contributed by atoms with Crippen molar-refractivity contribution in [2.24, 2.45) is 5.92 Å². The third-order valence-corrected chi connectivity index (χ3v) is 6.73. The van der Waals surface area contributed by atoms with E-state index in [1.807, 2.05) is 4.90 Å². The number of methoxy groups -OCH3 is 1. The van der Waals surface area contributed by atoms with E-state index >= 15 is 0 Å². The van der Waals surface area contributed by atoms with Crippen LogP contribution in [0.5, 0.6) is 0 Å². The van der Waals surface area contributed by atoms with Crippen molar-refractivity contribution in [1.82, 2.24) is 14.8 Å². The summed E-state index contributed by atoms with van der Waals surface area (Å²) >= 11 is 0. The van der Waals surface area contributed by atoms with Crippen LogP contribution in [0.2, 0.25) is 0 Å². The first kappa shape index (κ1) is 22.6. The lowest BCUT2D eigenvalue weighted by molar-refractivity contribution is -0.140. The lowest BCUT2D eigenvalue weighted by Gasteiger charge is -2.29. The Hall–Kier alpha value is -2.54. The zero-order valence-corrected chi connectivity index (χ0v) is 19.1. The first-order valence-corrected chi connectivity index (χ1v) is 11.9. The molecule has 2 amide bonds. The van der Waals surface area contributed by atoms with Crippen LogP contribution in [-0.4, -0.2) is 54.9 Å². The predicted octanol–water partition coefficient (Wildman–Crippen LogP) is 3.87. The smallest absolute Gasteiger partial charge is 0.317 e. The number of aromatic nitrogens is 1. The van der Waals surface area contributed by atoms with Crippen LogP contribution in [0.3, 0.4) is 0 Å². The fraction of sp³-hybridized carbons (Fsp3) is 0.600. The molecule has 1 aromatic carbocycles. The normalized spacial score (nSPS) is 18.0. The van der Waals surface area contributed by atoms with Crippen LogP contribution in [-0.2, 0) is 33.8 Å². The lowest BCUT2D eigenvalue weighted by Crippen LogP contribution is -2.43. The summed E-state index contributed by atoms with van der Waals surface area (Å²) in [5.41, 5.74) is 3.95. The third kappa shape index (κ3) is 5.26. The number of nitrogens with one attached hydrogen (secondary N) is 1. The van der Waals surface area contributed by atoms with Gasteiger partial charge in [-0.05, 0) is 25.3 Å². The minimum absolute atomic E-state index is 0.0197. The van der Waals surface area contributed by atoms with Crippen LogP contribution < -0.4 is 5.32 Å². The molecule has 1 atom stereocenters. The minimum Gasteiger partial charge on any atom is -0.469 e. The molecule has 1 aromatic heterocycles. The Morgan fingerprint density at radius 3 is 2.84 bits per heavy atom. The molecule has 1 saturated heterocycles. The SMILES string of the molecule is COC(=O)CCCCCCNC(=O)N1CCc2c(c3ccccc3n2CC2CCOC2)C1. The molecule has 0 aliphatic carbocycles. The number of hydrogen-bond acceptors (Lipinski definition) is 4. The van der Waals surface area contributed by atoms with E-state index < -0.39 is 0 Å². The molecule has 2 aliphatic rings. The molecule has 2 aromatic rings. The molecule has 4 rings (SSSR count). The second-order valence-electron chi connectivity index (χ2n) is 8.93. The number of ether oxygens (including phenoxy) is 2. The molecule has 174 valence electrons. The van der Waals surface area contributed by atoms with E-state index in [0.717, 1.165) is 64.8 Å². The van der Waals surface area contributed by atoms with E-state index in [0.29, 0.717) is 25.4 Å². The number of unbranched alkanes of at least 4 members (excludes halogenated alkanes) is 3. The molecular weight excluding hydrogens is 406 g/mol. The van der Waals surface area contributed by atoms with Crippen LogP contribution in [0.1, 0.15) is 49.8 Å². The fourth-order valence-corrected chi connectivity index (χ4v) is 4.93. The molecule has 7 nitrogen and oxygen atoms in total. The van der Waals surface area contributed by atoms with Gasteiger partial charge in [-0.1, -0.05) is 31.0 Å². The van der Waals surface area contributed by atoms with Gasteiger partial charge in [-0.15, -0.1) is 0 Å². The van der Waals surface area contributed by atoms with Crippen molar-refractivity contribution in [3.05, 3.63) is 35.5 Å². The van der Waals surface area contributed by atoms with Gasteiger partial charge >= 0.3 is 12.0 Å². The second-order valence-corrected chi connectivity index (χ2v) is 8.93. The molecule has 32 heavy (non-hydrogen) atoms. The van der Waals surface area contributed by atoms with E-state index in [9.17, 15) is 9.59 Å². The van der Waals surface area contributed by atoms with Gasteiger partial charge in [0.1, 0.15) is 0 Å². The van der Waals surface area contributed by atoms with E-state index in [-0.39, 0.29) is 12.0 Å². The van der Waals surface area contributed by atoms with Crippen molar-refractivity contribution in [1.29, 1.82) is 0 Å². The first-order valence-electron chi connectivity index (χ1n) is 11.9. The van der Waals surface area contributed by atoms with Crippen LogP contribution in [0.4, 0.5) is 4.79 Å². The predicted molar refractivity (Wildman–Crippen MR) is 123 cm³/mol. The summed E-state index contributed by atoms with van der Waals surface area (Å²) in [6, 6.07) is 8.60. The highest BCUT2D eigenvalue weighted by atomic mass is 16.5. The summed E-state index contributed by atoms with van der Waals surface area (Å²) < 4.78 is 12.7. The highest BCUT2D eigenvalue weighted by molar-refractivity contribution is 5.86. The molecule has 0 saturated carbocycles. The number of hydrogen-bond donors (Lipinski definition) is 1. The van der Waals surface area contributed by atoms with Crippen LogP contribution in [0.25, 0.3) is 10.9 Å². The van der Waals surface area contributed by atoms with Gasteiger partial charge in [-0.25, -0.2) is 4.79 Å². The number of amides is 2. The van der Waals surface area contributed by atoms with E-state index in [1.54, 1.807) is 0 Å². The monoisotopic (exact) mass is 441 g/mol. The number of carbonyl (C=O) groups excluding carboxylic acids is 2. The molecule has 2 aliphatic heterocycles. The molecule has 0 radical (unpaired) electrons. The van der Waals surface area contributed by atoms with Gasteiger partial charge in [0, 0.05) is 73.7 Å². The molecule has 1 fully saturated rings. The second kappa shape index (κ2) is 10.9. The van der Waals surface area contributed by atoms with E-state index in [4.69, 9.17) is 4.74 Å². The van der Waals surface area contributed by atoms with Crippen molar-refractivity contribution in [3.63, 3.8) is 0 Å².